The SMILES string of the molecule is CCC(CCC(=O)O)(CCc1ccsc1)C(=O)[O-]. The molecule has 0 aromatic carbocycles. The number of carboxylic acids is 2. The Kier molecular flexibility index (Phi) is 5.34. The molecule has 0 aliphatic rings. The van der Waals surface area contributed by atoms with Crippen molar-refractivity contribution in [3.05, 3.63) is 22.4 Å². The molecule has 1 unspecified atom stereocenters. The summed E-state index contributed by atoms with van der Waals surface area (Å²) in [6.45, 7) is 1.77. The van der Waals surface area contributed by atoms with Gasteiger partial charge in [0.1, 0.15) is 0 Å². The second kappa shape index (κ2) is 6.54. The number of rotatable bonds is 8. The van der Waals surface area contributed by atoms with E-state index in [1.807, 2.05) is 16.8 Å². The van der Waals surface area contributed by atoms with Gasteiger partial charge in [0.15, 0.2) is 0 Å². The number of carbonyl (C=O) groups excluding carboxylic acids is 1. The van der Waals surface area contributed by atoms with Crippen molar-refractivity contribution < 1.29 is 19.8 Å². The summed E-state index contributed by atoms with van der Waals surface area (Å²) in [5.41, 5.74) is 0.0646. The minimum atomic E-state index is -1.14. The normalized spacial score (nSPS) is 14.1. The van der Waals surface area contributed by atoms with Crippen molar-refractivity contribution in [2.75, 3.05) is 0 Å². The molecule has 5 heteroatoms. The monoisotopic (exact) mass is 269 g/mol. The molecule has 100 valence electrons. The Morgan fingerprint density at radius 2 is 2.17 bits per heavy atom. The molecule has 1 rings (SSSR count). The first kappa shape index (κ1) is 14.7. The molecule has 18 heavy (non-hydrogen) atoms. The number of aliphatic carboxylic acids is 2. The van der Waals surface area contributed by atoms with Gasteiger partial charge in [-0.3, -0.25) is 4.79 Å². The topological polar surface area (TPSA) is 77.4 Å². The number of hydrogen-bond acceptors (Lipinski definition) is 4. The number of hydrogen-bond donors (Lipinski definition) is 1. The van der Waals surface area contributed by atoms with Crippen LogP contribution in [-0.2, 0) is 16.0 Å². The molecule has 1 aromatic rings. The molecule has 4 nitrogen and oxygen atoms in total. The van der Waals surface area contributed by atoms with Crippen LogP contribution in [0.4, 0.5) is 0 Å². The van der Waals surface area contributed by atoms with Crippen LogP contribution in [0.1, 0.15) is 38.2 Å². The Morgan fingerprint density at radius 1 is 1.44 bits per heavy atom. The second-order valence-corrected chi connectivity index (χ2v) is 5.23. The Labute approximate surface area is 110 Å². The maximum atomic E-state index is 11.3. The third-order valence-corrected chi connectivity index (χ3v) is 4.13. The Hall–Kier alpha value is -1.36. The van der Waals surface area contributed by atoms with Crippen molar-refractivity contribution in [1.29, 1.82) is 0 Å². The molecule has 0 fully saturated rings. The maximum absolute atomic E-state index is 11.3. The van der Waals surface area contributed by atoms with E-state index in [0.717, 1.165) is 5.56 Å². The van der Waals surface area contributed by atoms with Crippen molar-refractivity contribution in [2.24, 2.45) is 5.41 Å². The first-order chi connectivity index (χ1) is 8.50. The fraction of sp³-hybridized carbons (Fsp3) is 0.538. The smallest absolute Gasteiger partial charge is 0.303 e. The summed E-state index contributed by atoms with van der Waals surface area (Å²) in [5.74, 6) is -2.11. The molecule has 0 saturated carbocycles. The van der Waals surface area contributed by atoms with Gasteiger partial charge in [-0.05, 0) is 48.1 Å². The third-order valence-electron chi connectivity index (χ3n) is 3.40. The molecule has 0 saturated heterocycles. The third kappa shape index (κ3) is 3.84. The van der Waals surface area contributed by atoms with Crippen molar-refractivity contribution in [2.45, 2.75) is 39.0 Å². The second-order valence-electron chi connectivity index (χ2n) is 4.45. The highest BCUT2D eigenvalue weighted by atomic mass is 32.1. The van der Waals surface area contributed by atoms with Crippen LogP contribution in [-0.4, -0.2) is 17.0 Å². The Bertz CT molecular complexity index is 399. The van der Waals surface area contributed by atoms with Crippen molar-refractivity contribution >= 4 is 23.3 Å². The molecule has 0 radical (unpaired) electrons. The van der Waals surface area contributed by atoms with E-state index in [-0.39, 0.29) is 12.8 Å². The highest BCUT2D eigenvalue weighted by Gasteiger charge is 2.30. The summed E-state index contributed by atoms with van der Waals surface area (Å²) in [6, 6.07) is 1.96. The molecule has 0 aliphatic heterocycles. The van der Waals surface area contributed by atoms with Crippen LogP contribution < -0.4 is 5.11 Å². The molecule has 0 aliphatic carbocycles. The van der Waals surface area contributed by atoms with Gasteiger partial charge in [0, 0.05) is 17.8 Å². The van der Waals surface area contributed by atoms with Crippen molar-refractivity contribution in [1.82, 2.24) is 0 Å². The van der Waals surface area contributed by atoms with E-state index in [0.29, 0.717) is 19.3 Å². The summed E-state index contributed by atoms with van der Waals surface area (Å²) in [6.07, 6.45) is 1.46. The molecule has 1 N–H and O–H groups in total. The van der Waals surface area contributed by atoms with Crippen molar-refractivity contribution in [3.8, 4) is 0 Å². The van der Waals surface area contributed by atoms with Crippen LogP contribution in [0, 0.1) is 5.41 Å². The van der Waals surface area contributed by atoms with Gasteiger partial charge >= 0.3 is 5.97 Å². The fourth-order valence-corrected chi connectivity index (χ4v) is 2.69. The number of aryl methyl sites for hydroxylation is 1. The van der Waals surface area contributed by atoms with Gasteiger partial charge in [0.05, 0.1) is 0 Å². The van der Waals surface area contributed by atoms with E-state index in [2.05, 4.69) is 0 Å². The standard InChI is InChI=1S/C13H18O4S/c1-2-13(12(16)17,7-4-11(14)15)6-3-10-5-8-18-9-10/h5,8-9H,2-4,6-7H2,1H3,(H,14,15)(H,16,17)/p-1. The lowest BCUT2D eigenvalue weighted by Crippen LogP contribution is -2.42. The molecule has 1 aromatic heterocycles. The number of carboxylic acid groups (broad SMARTS) is 2. The zero-order valence-corrected chi connectivity index (χ0v) is 11.2. The van der Waals surface area contributed by atoms with Crippen LogP contribution >= 0.6 is 11.3 Å². The summed E-state index contributed by atoms with van der Waals surface area (Å²) < 4.78 is 0. The average molecular weight is 269 g/mol. The van der Waals surface area contributed by atoms with E-state index in [1.54, 1.807) is 18.3 Å². The first-order valence-corrected chi connectivity index (χ1v) is 6.89. The summed E-state index contributed by atoms with van der Waals surface area (Å²) in [5, 5.41) is 23.9. The predicted molar refractivity (Wildman–Crippen MR) is 67.2 cm³/mol. The van der Waals surface area contributed by atoms with Gasteiger partial charge in [-0.1, -0.05) is 6.92 Å². The van der Waals surface area contributed by atoms with Gasteiger partial charge in [0.25, 0.3) is 0 Å². The van der Waals surface area contributed by atoms with E-state index < -0.39 is 17.4 Å². The van der Waals surface area contributed by atoms with Gasteiger partial charge in [-0.25, -0.2) is 0 Å². The summed E-state index contributed by atoms with van der Waals surface area (Å²) in [4.78, 5) is 21.9. The van der Waals surface area contributed by atoms with Crippen molar-refractivity contribution in [3.63, 3.8) is 0 Å². The van der Waals surface area contributed by atoms with Gasteiger partial charge in [-0.2, -0.15) is 11.3 Å². The largest absolute Gasteiger partial charge is 0.550 e. The highest BCUT2D eigenvalue weighted by Crippen LogP contribution is 2.33. The number of thiophene rings is 1. The lowest BCUT2D eigenvalue weighted by Gasteiger charge is -2.33. The Morgan fingerprint density at radius 3 is 2.61 bits per heavy atom. The van der Waals surface area contributed by atoms with Gasteiger partial charge in [-0.15, -0.1) is 0 Å². The zero-order valence-electron chi connectivity index (χ0n) is 10.3. The average Bonchev–Trinajstić information content (AvgIpc) is 2.82. The van der Waals surface area contributed by atoms with Gasteiger partial charge < -0.3 is 15.0 Å². The molecular weight excluding hydrogens is 252 g/mol. The van der Waals surface area contributed by atoms with Crippen LogP contribution in [0.2, 0.25) is 0 Å². The summed E-state index contributed by atoms with van der Waals surface area (Å²) in [7, 11) is 0. The quantitative estimate of drug-likeness (QED) is 0.779. The van der Waals surface area contributed by atoms with Crippen LogP contribution in [0.15, 0.2) is 16.8 Å². The lowest BCUT2D eigenvalue weighted by atomic mass is 9.76. The van der Waals surface area contributed by atoms with E-state index >= 15 is 0 Å². The molecule has 0 bridgehead atoms. The van der Waals surface area contributed by atoms with E-state index in [9.17, 15) is 14.7 Å². The predicted octanol–water partition coefficient (Wildman–Crippen LogP) is 1.69. The summed E-state index contributed by atoms with van der Waals surface area (Å²) >= 11 is 1.57. The molecule has 0 amide bonds. The fourth-order valence-electron chi connectivity index (χ4n) is 1.99. The first-order valence-electron chi connectivity index (χ1n) is 5.94. The lowest BCUT2D eigenvalue weighted by molar-refractivity contribution is -0.320. The minimum absolute atomic E-state index is 0.130. The molecular formula is C13H17O4S-. The van der Waals surface area contributed by atoms with E-state index in [1.165, 1.54) is 0 Å². The zero-order chi connectivity index (χ0) is 13.6. The van der Waals surface area contributed by atoms with Crippen LogP contribution in [0.3, 0.4) is 0 Å². The molecule has 1 atom stereocenters. The van der Waals surface area contributed by atoms with E-state index in [4.69, 9.17) is 5.11 Å². The minimum Gasteiger partial charge on any atom is -0.550 e. The maximum Gasteiger partial charge on any atom is 0.303 e. The highest BCUT2D eigenvalue weighted by molar-refractivity contribution is 7.07. The molecule has 1 heterocycles. The van der Waals surface area contributed by atoms with Gasteiger partial charge in [0.2, 0.25) is 0 Å². The number of carbonyl (C=O) groups is 2. The Balaban J connectivity index is 2.69. The molecule has 0 spiro atoms. The van der Waals surface area contributed by atoms with Crippen LogP contribution in [0.5, 0.6) is 0 Å². The van der Waals surface area contributed by atoms with Crippen LogP contribution in [0.25, 0.3) is 0 Å².